The van der Waals surface area contributed by atoms with Crippen molar-refractivity contribution < 1.29 is 17.9 Å². The summed E-state index contributed by atoms with van der Waals surface area (Å²) in [6, 6.07) is 14.4. The summed E-state index contributed by atoms with van der Waals surface area (Å²) in [4.78, 5) is 17.4. The summed E-state index contributed by atoms with van der Waals surface area (Å²) in [5.74, 6) is -0.155. The van der Waals surface area contributed by atoms with Gasteiger partial charge in [0.25, 0.3) is 5.91 Å². The Morgan fingerprint density at radius 1 is 1.08 bits per heavy atom. The molecule has 4 rings (SSSR count). The molecule has 4 N–H and O–H groups in total. The molecule has 1 amide bonds. The van der Waals surface area contributed by atoms with Crippen LogP contribution in [0.4, 0.5) is 17.1 Å². The number of benzene rings is 2. The molecule has 1 aliphatic rings. The van der Waals surface area contributed by atoms with Crippen LogP contribution >= 0.6 is 0 Å². The number of sulfonamides is 1. The van der Waals surface area contributed by atoms with Crippen LogP contribution in [0.1, 0.15) is 42.3 Å². The van der Waals surface area contributed by atoms with Gasteiger partial charge in [0.15, 0.2) is 5.75 Å². The van der Waals surface area contributed by atoms with E-state index in [0.717, 1.165) is 28.8 Å². The molecule has 2 heterocycles. The van der Waals surface area contributed by atoms with Gasteiger partial charge in [0.1, 0.15) is 0 Å². The number of hydrogen-bond acceptors (Lipinski definition) is 8. The van der Waals surface area contributed by atoms with Crippen molar-refractivity contribution in [3.05, 3.63) is 83.8 Å². The van der Waals surface area contributed by atoms with Gasteiger partial charge in [-0.15, -0.1) is 5.53 Å². The van der Waals surface area contributed by atoms with Crippen molar-refractivity contribution in [1.29, 1.82) is 0 Å². The Bertz CT molecular complexity index is 1450. The minimum absolute atomic E-state index is 0.220. The van der Waals surface area contributed by atoms with Crippen molar-refractivity contribution in [3.8, 4) is 5.75 Å². The lowest BCUT2D eigenvalue weighted by molar-refractivity contribution is 0.102. The molecule has 37 heavy (non-hydrogen) atoms. The normalized spacial score (nSPS) is 13.5. The molecule has 0 saturated carbocycles. The van der Waals surface area contributed by atoms with Gasteiger partial charge in [-0.3, -0.25) is 19.5 Å². The second-order valence-corrected chi connectivity index (χ2v) is 11.4. The molecule has 0 unspecified atom stereocenters. The van der Waals surface area contributed by atoms with Crippen molar-refractivity contribution in [2.45, 2.75) is 26.2 Å². The van der Waals surface area contributed by atoms with Crippen LogP contribution in [0.2, 0.25) is 0 Å². The van der Waals surface area contributed by atoms with Gasteiger partial charge >= 0.3 is 0 Å². The van der Waals surface area contributed by atoms with E-state index in [2.05, 4.69) is 26.0 Å². The predicted octanol–water partition coefficient (Wildman–Crippen LogP) is 3.84. The van der Waals surface area contributed by atoms with Crippen molar-refractivity contribution in [3.63, 3.8) is 0 Å². The lowest BCUT2D eigenvalue weighted by Gasteiger charge is -2.24. The minimum atomic E-state index is -3.58. The maximum absolute atomic E-state index is 13.3. The largest absolute Gasteiger partial charge is 0.492 e. The third kappa shape index (κ3) is 6.19. The second kappa shape index (κ2) is 10.1. The van der Waals surface area contributed by atoms with E-state index < -0.39 is 10.0 Å². The Kier molecular flexibility index (Phi) is 7.10. The molecular weight excluding hydrogens is 492 g/mol. The number of nitrogens with zero attached hydrogens (tertiary/aromatic N) is 2. The van der Waals surface area contributed by atoms with E-state index in [4.69, 9.17) is 4.74 Å². The maximum Gasteiger partial charge on any atom is 0.255 e. The van der Waals surface area contributed by atoms with Crippen molar-refractivity contribution >= 4 is 38.7 Å². The Hall–Kier alpha value is -4.09. The van der Waals surface area contributed by atoms with Gasteiger partial charge in [-0.05, 0) is 53.4 Å². The first-order valence-electron chi connectivity index (χ1n) is 11.5. The molecular formula is C26H30N6O4S. The molecule has 3 aromatic rings. The molecule has 0 bridgehead atoms. The smallest absolute Gasteiger partial charge is 0.255 e. The Labute approximate surface area is 216 Å². The van der Waals surface area contributed by atoms with Crippen LogP contribution in [-0.4, -0.2) is 32.7 Å². The lowest BCUT2D eigenvalue weighted by Crippen LogP contribution is -2.36. The fraction of sp³-hybridized carbons (Fsp3) is 0.231. The molecule has 2 aromatic carbocycles. The Balaban J connectivity index is 1.63. The molecule has 11 heteroatoms. The first kappa shape index (κ1) is 26.0. The number of amides is 1. The number of nitrogens with one attached hydrogen (secondary N) is 4. The fourth-order valence-electron chi connectivity index (χ4n) is 3.76. The van der Waals surface area contributed by atoms with Crippen LogP contribution in [0.5, 0.6) is 5.75 Å². The topological polar surface area (TPSA) is 125 Å². The fourth-order valence-corrected chi connectivity index (χ4v) is 4.31. The molecule has 0 spiro atoms. The summed E-state index contributed by atoms with van der Waals surface area (Å²) in [6.07, 6.45) is 6.39. The summed E-state index contributed by atoms with van der Waals surface area (Å²) in [6.45, 7) is 6.00. The molecule has 1 aliphatic heterocycles. The summed E-state index contributed by atoms with van der Waals surface area (Å²) < 4.78 is 32.0. The van der Waals surface area contributed by atoms with Gasteiger partial charge in [0, 0.05) is 29.7 Å². The van der Waals surface area contributed by atoms with Gasteiger partial charge in [0.2, 0.25) is 10.0 Å². The molecule has 0 aliphatic carbocycles. The van der Waals surface area contributed by atoms with Crippen molar-refractivity contribution in [1.82, 2.24) is 15.9 Å². The van der Waals surface area contributed by atoms with Crippen LogP contribution in [0.3, 0.4) is 0 Å². The number of hydrazine groups is 2. The van der Waals surface area contributed by atoms with E-state index in [-0.39, 0.29) is 22.8 Å². The van der Waals surface area contributed by atoms with Crippen molar-refractivity contribution in [2.75, 3.05) is 28.4 Å². The molecule has 194 valence electrons. The molecule has 0 atom stereocenters. The van der Waals surface area contributed by atoms with E-state index >= 15 is 0 Å². The number of hydrogen-bond donors (Lipinski definition) is 4. The summed E-state index contributed by atoms with van der Waals surface area (Å²) in [5, 5.41) is 4.65. The first-order valence-corrected chi connectivity index (χ1v) is 13.4. The molecule has 0 fully saturated rings. The quantitative estimate of drug-likeness (QED) is 0.369. The third-order valence-electron chi connectivity index (χ3n) is 5.63. The van der Waals surface area contributed by atoms with E-state index in [9.17, 15) is 13.2 Å². The Morgan fingerprint density at radius 2 is 1.84 bits per heavy atom. The van der Waals surface area contributed by atoms with Gasteiger partial charge in [0.05, 0.1) is 36.1 Å². The monoisotopic (exact) mass is 522 g/mol. The summed E-state index contributed by atoms with van der Waals surface area (Å²) in [7, 11) is -2.15. The van der Waals surface area contributed by atoms with Crippen molar-refractivity contribution in [2.24, 2.45) is 0 Å². The van der Waals surface area contributed by atoms with E-state index in [1.807, 2.05) is 45.2 Å². The van der Waals surface area contributed by atoms with E-state index in [1.165, 1.54) is 7.11 Å². The zero-order valence-electron chi connectivity index (χ0n) is 21.3. The number of anilines is 3. The summed E-state index contributed by atoms with van der Waals surface area (Å²) in [5.41, 5.74) is 10.1. The zero-order chi connectivity index (χ0) is 26.8. The van der Waals surface area contributed by atoms with Crippen LogP contribution in [0.25, 0.3) is 5.70 Å². The zero-order valence-corrected chi connectivity index (χ0v) is 22.1. The second-order valence-electron chi connectivity index (χ2n) is 9.62. The number of methoxy groups -OCH3 is 1. The van der Waals surface area contributed by atoms with Gasteiger partial charge in [-0.1, -0.05) is 26.8 Å². The average molecular weight is 523 g/mol. The first-order chi connectivity index (χ1) is 17.4. The van der Waals surface area contributed by atoms with Crippen LogP contribution in [0, 0.1) is 0 Å². The molecule has 0 saturated heterocycles. The van der Waals surface area contributed by atoms with Crippen LogP contribution in [0.15, 0.2) is 67.1 Å². The number of aromatic nitrogens is 1. The van der Waals surface area contributed by atoms with Gasteiger partial charge < -0.3 is 15.5 Å². The van der Waals surface area contributed by atoms with E-state index in [0.29, 0.717) is 11.3 Å². The third-order valence-corrected chi connectivity index (χ3v) is 6.22. The highest BCUT2D eigenvalue weighted by Gasteiger charge is 2.23. The number of ether oxygens (including phenoxy) is 1. The Morgan fingerprint density at radius 3 is 2.49 bits per heavy atom. The number of rotatable bonds is 7. The SMILES string of the molecule is COc1c(NC(=O)c2cccc(N3C=C(c4cccnc4)NN3)c2)cc(C(C)(C)C)cc1NS(C)(=O)=O. The predicted molar refractivity (Wildman–Crippen MR) is 146 cm³/mol. The van der Waals surface area contributed by atoms with Gasteiger partial charge in [-0.25, -0.2) is 8.42 Å². The van der Waals surface area contributed by atoms with Crippen LogP contribution < -0.4 is 30.7 Å². The molecule has 10 nitrogen and oxygen atoms in total. The minimum Gasteiger partial charge on any atom is -0.492 e. The summed E-state index contributed by atoms with van der Waals surface area (Å²) >= 11 is 0. The highest BCUT2D eigenvalue weighted by molar-refractivity contribution is 7.92. The van der Waals surface area contributed by atoms with Gasteiger partial charge in [-0.2, -0.15) is 0 Å². The van der Waals surface area contributed by atoms with E-state index in [1.54, 1.807) is 47.7 Å². The van der Waals surface area contributed by atoms with Crippen LogP contribution in [-0.2, 0) is 15.4 Å². The standard InChI is InChI=1S/C26H30N6O4S/c1-26(2,3)19-13-21(24(36-4)22(14-19)30-37(5,34)35)28-25(33)17-8-6-10-20(12-17)32-16-23(29-31-32)18-9-7-11-27-15-18/h6-16,29-31H,1-5H3,(H,28,33). The number of carbonyl (C=O) groups excluding carboxylic acids is 1. The number of pyridine rings is 1. The highest BCUT2D eigenvalue weighted by Crippen LogP contribution is 2.39. The average Bonchev–Trinajstić information content (AvgIpc) is 3.33. The maximum atomic E-state index is 13.3. The highest BCUT2D eigenvalue weighted by atomic mass is 32.2. The molecule has 0 radical (unpaired) electrons. The number of carbonyl (C=O) groups is 1. The molecule has 1 aromatic heterocycles. The lowest BCUT2D eigenvalue weighted by atomic mass is 9.86.